The Hall–Kier alpha value is -2.37. The summed E-state index contributed by atoms with van der Waals surface area (Å²) in [5.74, 6) is 0. The molecule has 100 valence electrons. The summed E-state index contributed by atoms with van der Waals surface area (Å²) in [4.78, 5) is 12.5. The van der Waals surface area contributed by atoms with Crippen LogP contribution in [0.3, 0.4) is 0 Å². The van der Waals surface area contributed by atoms with Gasteiger partial charge in [0.05, 0.1) is 12.4 Å². The van der Waals surface area contributed by atoms with Crippen LogP contribution in [0.15, 0.2) is 30.6 Å². The van der Waals surface area contributed by atoms with Gasteiger partial charge in [-0.15, -0.1) is 0 Å². The molecule has 1 atom stereocenters. The molecule has 0 spiro atoms. The van der Waals surface area contributed by atoms with Crippen molar-refractivity contribution in [2.75, 3.05) is 0 Å². The molecule has 19 heavy (non-hydrogen) atoms. The van der Waals surface area contributed by atoms with Crippen LogP contribution >= 0.6 is 0 Å². The Bertz CT molecular complexity index is 566. The smallest absolute Gasteiger partial charge is 0.405 e. The fourth-order valence-corrected chi connectivity index (χ4v) is 2.01. The summed E-state index contributed by atoms with van der Waals surface area (Å²) in [5.41, 5.74) is 8.22. The van der Waals surface area contributed by atoms with E-state index in [-0.39, 0.29) is 0 Å². The first kappa shape index (κ1) is 13.1. The number of carbonyl (C=O) groups is 1. The zero-order valence-corrected chi connectivity index (χ0v) is 10.9. The molecule has 0 aliphatic rings. The predicted octanol–water partition coefficient (Wildman–Crippen LogP) is 1.73. The molecule has 6 heteroatoms. The molecule has 1 amide bonds. The minimum atomic E-state index is -0.808. The topological polar surface area (TPSA) is 83.0 Å². The van der Waals surface area contributed by atoms with Crippen LogP contribution < -0.4 is 5.73 Å². The zero-order valence-electron chi connectivity index (χ0n) is 10.9. The molecule has 1 aromatic heterocycles. The van der Waals surface area contributed by atoms with Crippen LogP contribution in [0.5, 0.6) is 0 Å². The lowest BCUT2D eigenvalue weighted by atomic mass is 10.0. The van der Waals surface area contributed by atoms with Gasteiger partial charge in [0.1, 0.15) is 6.54 Å². The molecule has 0 aliphatic heterocycles. The summed E-state index contributed by atoms with van der Waals surface area (Å²) in [6.07, 6.45) is 1.84. The largest absolute Gasteiger partial charge is 0.439 e. The number of primary amides is 1. The van der Waals surface area contributed by atoms with Gasteiger partial charge in [-0.05, 0) is 25.0 Å². The Labute approximate surface area is 111 Å². The van der Waals surface area contributed by atoms with Crippen LogP contribution in [0.2, 0.25) is 0 Å². The molecule has 0 bridgehead atoms. The van der Waals surface area contributed by atoms with Gasteiger partial charge in [-0.2, -0.15) is 15.0 Å². The molecule has 0 saturated carbocycles. The highest BCUT2D eigenvalue weighted by atomic mass is 16.6. The quantitative estimate of drug-likeness (QED) is 0.907. The lowest BCUT2D eigenvalue weighted by molar-refractivity contribution is 0.0901. The average Bonchev–Trinajstić information content (AvgIpc) is 2.80. The number of hydrogen-bond donors (Lipinski definition) is 1. The molecule has 1 heterocycles. The van der Waals surface area contributed by atoms with E-state index in [0.717, 1.165) is 16.7 Å². The number of ether oxygens (including phenoxy) is 1. The van der Waals surface area contributed by atoms with Gasteiger partial charge in [-0.1, -0.05) is 23.8 Å². The second-order valence-electron chi connectivity index (χ2n) is 4.37. The van der Waals surface area contributed by atoms with Crippen molar-refractivity contribution in [2.45, 2.75) is 26.5 Å². The number of amides is 1. The Balaban J connectivity index is 2.28. The zero-order chi connectivity index (χ0) is 13.8. The Kier molecular flexibility index (Phi) is 3.79. The van der Waals surface area contributed by atoms with Crippen LogP contribution in [0.4, 0.5) is 4.79 Å². The third-order valence-corrected chi connectivity index (χ3v) is 2.83. The van der Waals surface area contributed by atoms with E-state index in [1.165, 1.54) is 4.80 Å². The standard InChI is InChI=1S/C13H16N4O2/c1-9-3-4-11(10(2)7-9)12(19-13(14)18)8-17-15-5-6-16-17/h3-7,12H,8H2,1-2H3,(H2,14,18). The van der Waals surface area contributed by atoms with E-state index >= 15 is 0 Å². The van der Waals surface area contributed by atoms with Crippen LogP contribution in [0.25, 0.3) is 0 Å². The fraction of sp³-hybridized carbons (Fsp3) is 0.308. The van der Waals surface area contributed by atoms with E-state index in [9.17, 15) is 4.79 Å². The van der Waals surface area contributed by atoms with Gasteiger partial charge < -0.3 is 10.5 Å². The Morgan fingerprint density at radius 1 is 1.37 bits per heavy atom. The van der Waals surface area contributed by atoms with E-state index in [1.54, 1.807) is 12.4 Å². The van der Waals surface area contributed by atoms with Crippen molar-refractivity contribution in [1.29, 1.82) is 0 Å². The molecule has 0 saturated heterocycles. The van der Waals surface area contributed by atoms with Crippen molar-refractivity contribution < 1.29 is 9.53 Å². The maximum Gasteiger partial charge on any atom is 0.405 e. The van der Waals surface area contributed by atoms with E-state index < -0.39 is 12.2 Å². The maximum absolute atomic E-state index is 11.0. The molecular weight excluding hydrogens is 244 g/mol. The first-order valence-electron chi connectivity index (χ1n) is 5.93. The molecule has 2 rings (SSSR count). The second kappa shape index (κ2) is 5.51. The minimum absolute atomic E-state index is 0.333. The molecule has 2 N–H and O–H groups in total. The summed E-state index contributed by atoms with van der Waals surface area (Å²) in [5, 5.41) is 8.02. The van der Waals surface area contributed by atoms with Gasteiger partial charge in [0.25, 0.3) is 0 Å². The number of hydrogen-bond acceptors (Lipinski definition) is 4. The summed E-state index contributed by atoms with van der Waals surface area (Å²) >= 11 is 0. The van der Waals surface area contributed by atoms with Crippen LogP contribution in [0, 0.1) is 13.8 Å². The average molecular weight is 260 g/mol. The minimum Gasteiger partial charge on any atom is -0.439 e. The monoisotopic (exact) mass is 260 g/mol. The molecule has 1 unspecified atom stereocenters. The first-order valence-corrected chi connectivity index (χ1v) is 5.93. The first-order chi connectivity index (χ1) is 9.06. The van der Waals surface area contributed by atoms with Gasteiger partial charge in [-0.25, -0.2) is 4.79 Å². The molecule has 0 fully saturated rings. The van der Waals surface area contributed by atoms with Crippen molar-refractivity contribution in [3.05, 3.63) is 47.3 Å². The summed E-state index contributed by atoms with van der Waals surface area (Å²) < 4.78 is 5.17. The highest BCUT2D eigenvalue weighted by Crippen LogP contribution is 2.23. The van der Waals surface area contributed by atoms with E-state index in [2.05, 4.69) is 10.2 Å². The van der Waals surface area contributed by atoms with Crippen molar-refractivity contribution >= 4 is 6.09 Å². The van der Waals surface area contributed by atoms with Crippen molar-refractivity contribution in [3.63, 3.8) is 0 Å². The maximum atomic E-state index is 11.0. The van der Waals surface area contributed by atoms with Crippen molar-refractivity contribution in [2.24, 2.45) is 5.73 Å². The van der Waals surface area contributed by atoms with Crippen LogP contribution in [0.1, 0.15) is 22.8 Å². The number of aromatic nitrogens is 3. The Morgan fingerprint density at radius 2 is 2.05 bits per heavy atom. The van der Waals surface area contributed by atoms with Gasteiger partial charge in [0.15, 0.2) is 6.10 Å². The number of rotatable bonds is 4. The predicted molar refractivity (Wildman–Crippen MR) is 69.3 cm³/mol. The number of benzene rings is 1. The van der Waals surface area contributed by atoms with E-state index in [1.807, 2.05) is 32.0 Å². The summed E-state index contributed by atoms with van der Waals surface area (Å²) in [7, 11) is 0. The second-order valence-corrected chi connectivity index (χ2v) is 4.37. The van der Waals surface area contributed by atoms with E-state index in [4.69, 9.17) is 10.5 Å². The number of aryl methyl sites for hydroxylation is 2. The third-order valence-electron chi connectivity index (χ3n) is 2.83. The number of nitrogens with zero attached hydrogens (tertiary/aromatic N) is 3. The molecule has 0 aliphatic carbocycles. The molecule has 2 aromatic rings. The highest BCUT2D eigenvalue weighted by molar-refractivity contribution is 5.65. The molecule has 0 radical (unpaired) electrons. The molecular formula is C13H16N4O2. The third kappa shape index (κ3) is 3.31. The lowest BCUT2D eigenvalue weighted by Crippen LogP contribution is -2.22. The number of carbonyl (C=O) groups excluding carboxylic acids is 1. The van der Waals surface area contributed by atoms with Crippen molar-refractivity contribution in [3.8, 4) is 0 Å². The van der Waals surface area contributed by atoms with Gasteiger partial charge >= 0.3 is 6.09 Å². The molecule has 1 aromatic carbocycles. The summed E-state index contributed by atoms with van der Waals surface area (Å²) in [6.45, 7) is 4.31. The van der Waals surface area contributed by atoms with Crippen LogP contribution in [-0.4, -0.2) is 21.1 Å². The Morgan fingerprint density at radius 3 is 2.63 bits per heavy atom. The lowest BCUT2D eigenvalue weighted by Gasteiger charge is -2.18. The van der Waals surface area contributed by atoms with Crippen molar-refractivity contribution in [1.82, 2.24) is 15.0 Å². The van der Waals surface area contributed by atoms with E-state index in [0.29, 0.717) is 6.54 Å². The SMILES string of the molecule is Cc1ccc(C(Cn2nccn2)OC(N)=O)c(C)c1. The molecule has 6 nitrogen and oxygen atoms in total. The summed E-state index contributed by atoms with van der Waals surface area (Å²) in [6, 6.07) is 5.93. The normalized spacial score (nSPS) is 12.1. The fourth-order valence-electron chi connectivity index (χ4n) is 2.01. The van der Waals surface area contributed by atoms with Crippen LogP contribution in [-0.2, 0) is 11.3 Å². The van der Waals surface area contributed by atoms with Gasteiger partial charge in [-0.3, -0.25) is 0 Å². The number of nitrogens with two attached hydrogens (primary N) is 1. The van der Waals surface area contributed by atoms with Gasteiger partial charge in [0, 0.05) is 0 Å². The van der Waals surface area contributed by atoms with Gasteiger partial charge in [0.2, 0.25) is 0 Å². The highest BCUT2D eigenvalue weighted by Gasteiger charge is 2.18.